The molecule has 0 spiro atoms. The van der Waals surface area contributed by atoms with Crippen LogP contribution in [0.1, 0.15) is 6.42 Å². The van der Waals surface area contributed by atoms with Gasteiger partial charge in [-0.1, -0.05) is 0 Å². The molecule has 2 heterocycles. The van der Waals surface area contributed by atoms with E-state index in [4.69, 9.17) is 15.2 Å². The predicted molar refractivity (Wildman–Crippen MR) is 62.5 cm³/mol. The lowest BCUT2D eigenvalue weighted by Crippen LogP contribution is -2.35. The molecule has 1 saturated heterocycles. The molecule has 0 aromatic heterocycles. The lowest BCUT2D eigenvalue weighted by molar-refractivity contribution is -0.121. The number of carbonyl (C=O) groups excluding carboxylic acids is 2. The molecule has 2 aliphatic rings. The van der Waals surface area contributed by atoms with Crippen molar-refractivity contribution in [3.63, 3.8) is 0 Å². The van der Waals surface area contributed by atoms with Crippen molar-refractivity contribution < 1.29 is 19.1 Å². The summed E-state index contributed by atoms with van der Waals surface area (Å²) in [7, 11) is 0. The zero-order valence-corrected chi connectivity index (χ0v) is 9.59. The Hall–Kier alpha value is -2.08. The van der Waals surface area contributed by atoms with Crippen LogP contribution in [-0.4, -0.2) is 31.1 Å². The van der Waals surface area contributed by atoms with Crippen LogP contribution in [0.2, 0.25) is 0 Å². The number of amides is 2. The number of hydrogen-bond acceptors (Lipinski definition) is 5. The summed E-state index contributed by atoms with van der Waals surface area (Å²) in [6, 6.07) is 4.23. The Morgan fingerprint density at radius 3 is 2.56 bits per heavy atom. The molecule has 0 unspecified atom stereocenters. The summed E-state index contributed by atoms with van der Waals surface area (Å²) in [5.74, 6) is 0.495. The molecule has 2 amide bonds. The summed E-state index contributed by atoms with van der Waals surface area (Å²) in [5.41, 5.74) is 6.04. The van der Waals surface area contributed by atoms with E-state index in [1.807, 2.05) is 0 Å². The second kappa shape index (κ2) is 3.99. The lowest BCUT2D eigenvalue weighted by atomic mass is 10.2. The van der Waals surface area contributed by atoms with E-state index in [-0.39, 0.29) is 18.2 Å². The second-order valence-corrected chi connectivity index (χ2v) is 4.21. The van der Waals surface area contributed by atoms with E-state index in [0.717, 1.165) is 4.90 Å². The van der Waals surface area contributed by atoms with E-state index in [1.54, 1.807) is 18.2 Å². The highest BCUT2D eigenvalue weighted by atomic mass is 16.6. The Bertz CT molecular complexity index is 529. The quantitative estimate of drug-likeness (QED) is 0.710. The van der Waals surface area contributed by atoms with E-state index in [0.29, 0.717) is 30.4 Å². The maximum Gasteiger partial charge on any atom is 0.251 e. The number of hydrogen-bond donors (Lipinski definition) is 1. The van der Waals surface area contributed by atoms with Gasteiger partial charge in [0.15, 0.2) is 11.5 Å². The number of benzene rings is 1. The summed E-state index contributed by atoms with van der Waals surface area (Å²) in [4.78, 5) is 24.6. The number of nitrogens with two attached hydrogens (primary N) is 1. The third-order valence-corrected chi connectivity index (χ3v) is 2.97. The number of ether oxygens (including phenoxy) is 2. The predicted octanol–water partition coefficient (Wildman–Crippen LogP) is 0.0484. The van der Waals surface area contributed by atoms with Gasteiger partial charge < -0.3 is 15.2 Å². The van der Waals surface area contributed by atoms with E-state index >= 15 is 0 Å². The van der Waals surface area contributed by atoms with Crippen molar-refractivity contribution >= 4 is 17.5 Å². The average Bonchev–Trinajstić information content (AvgIpc) is 2.63. The summed E-state index contributed by atoms with van der Waals surface area (Å²) in [6.07, 6.45) is 0.0489. The average molecular weight is 248 g/mol. The Kier molecular flexibility index (Phi) is 2.45. The van der Waals surface area contributed by atoms with Gasteiger partial charge in [-0.15, -0.1) is 0 Å². The third kappa shape index (κ3) is 1.62. The molecule has 3 rings (SSSR count). The highest BCUT2D eigenvalue weighted by Crippen LogP contribution is 2.35. The van der Waals surface area contributed by atoms with Crippen LogP contribution in [0.15, 0.2) is 18.2 Å². The smallest absolute Gasteiger partial charge is 0.251 e. The van der Waals surface area contributed by atoms with Crippen LogP contribution in [-0.2, 0) is 9.59 Å². The summed E-state index contributed by atoms with van der Waals surface area (Å²) in [5, 5.41) is 0. The number of nitrogens with zero attached hydrogens (tertiary/aromatic N) is 1. The van der Waals surface area contributed by atoms with Crippen LogP contribution in [0.4, 0.5) is 5.69 Å². The highest BCUT2D eigenvalue weighted by molar-refractivity contribution is 6.22. The molecule has 2 aliphatic heterocycles. The lowest BCUT2D eigenvalue weighted by Gasteiger charge is -2.21. The third-order valence-electron chi connectivity index (χ3n) is 2.97. The number of imide groups is 1. The molecule has 0 saturated carbocycles. The van der Waals surface area contributed by atoms with Crippen molar-refractivity contribution in [3.8, 4) is 11.5 Å². The molecular formula is C12H12N2O4. The first-order valence-electron chi connectivity index (χ1n) is 5.69. The van der Waals surface area contributed by atoms with Gasteiger partial charge in [-0.25, -0.2) is 4.90 Å². The van der Waals surface area contributed by atoms with Crippen LogP contribution in [0.5, 0.6) is 11.5 Å². The molecule has 94 valence electrons. The van der Waals surface area contributed by atoms with Crippen LogP contribution >= 0.6 is 0 Å². The molecule has 0 aliphatic carbocycles. The molecule has 2 N–H and O–H groups in total. The normalized spacial score (nSPS) is 22.5. The van der Waals surface area contributed by atoms with Gasteiger partial charge in [0.25, 0.3) is 5.91 Å². The van der Waals surface area contributed by atoms with Gasteiger partial charge in [-0.3, -0.25) is 9.59 Å². The van der Waals surface area contributed by atoms with Crippen LogP contribution in [0.25, 0.3) is 0 Å². The SMILES string of the molecule is N[C@H]1CC(=O)N(c2ccc3c(c2)OCCO3)C1=O. The van der Waals surface area contributed by atoms with Gasteiger partial charge >= 0.3 is 0 Å². The molecule has 1 fully saturated rings. The van der Waals surface area contributed by atoms with Crippen molar-refractivity contribution in [2.45, 2.75) is 12.5 Å². The van der Waals surface area contributed by atoms with Crippen molar-refractivity contribution in [1.29, 1.82) is 0 Å². The minimum atomic E-state index is -0.745. The molecule has 0 bridgehead atoms. The van der Waals surface area contributed by atoms with E-state index in [9.17, 15) is 9.59 Å². The van der Waals surface area contributed by atoms with Gasteiger partial charge in [0.05, 0.1) is 18.2 Å². The molecule has 1 aromatic rings. The fourth-order valence-electron chi connectivity index (χ4n) is 2.10. The first kappa shape index (κ1) is 11.0. The number of carbonyl (C=O) groups is 2. The molecular weight excluding hydrogens is 236 g/mol. The van der Waals surface area contributed by atoms with Gasteiger partial charge in [0, 0.05) is 6.07 Å². The van der Waals surface area contributed by atoms with Gasteiger partial charge in [0.1, 0.15) is 13.2 Å². The maximum absolute atomic E-state index is 11.8. The van der Waals surface area contributed by atoms with Crippen molar-refractivity contribution in [2.75, 3.05) is 18.1 Å². The van der Waals surface area contributed by atoms with E-state index < -0.39 is 6.04 Å². The maximum atomic E-state index is 11.8. The Morgan fingerprint density at radius 2 is 1.89 bits per heavy atom. The zero-order valence-electron chi connectivity index (χ0n) is 9.59. The number of anilines is 1. The molecule has 6 nitrogen and oxygen atoms in total. The Morgan fingerprint density at radius 1 is 1.17 bits per heavy atom. The first-order chi connectivity index (χ1) is 8.66. The van der Waals surface area contributed by atoms with Crippen LogP contribution < -0.4 is 20.1 Å². The Labute approximate surface area is 103 Å². The van der Waals surface area contributed by atoms with Crippen molar-refractivity contribution in [1.82, 2.24) is 0 Å². The zero-order chi connectivity index (χ0) is 12.7. The van der Waals surface area contributed by atoms with Crippen LogP contribution in [0, 0.1) is 0 Å². The number of fused-ring (bicyclic) bond motifs is 1. The summed E-state index contributed by atoms with van der Waals surface area (Å²) >= 11 is 0. The highest BCUT2D eigenvalue weighted by Gasteiger charge is 2.37. The molecule has 0 radical (unpaired) electrons. The second-order valence-electron chi connectivity index (χ2n) is 4.21. The molecule has 6 heteroatoms. The minimum Gasteiger partial charge on any atom is -0.486 e. The van der Waals surface area contributed by atoms with Gasteiger partial charge in [0.2, 0.25) is 5.91 Å². The van der Waals surface area contributed by atoms with Crippen LogP contribution in [0.3, 0.4) is 0 Å². The largest absolute Gasteiger partial charge is 0.486 e. The molecule has 1 atom stereocenters. The van der Waals surface area contributed by atoms with E-state index in [1.165, 1.54) is 0 Å². The fraction of sp³-hybridized carbons (Fsp3) is 0.333. The Balaban J connectivity index is 1.97. The minimum absolute atomic E-state index is 0.0489. The summed E-state index contributed by atoms with van der Waals surface area (Å²) < 4.78 is 10.8. The van der Waals surface area contributed by atoms with Gasteiger partial charge in [-0.2, -0.15) is 0 Å². The molecule has 18 heavy (non-hydrogen) atoms. The van der Waals surface area contributed by atoms with Crippen molar-refractivity contribution in [2.24, 2.45) is 5.73 Å². The first-order valence-corrected chi connectivity index (χ1v) is 5.69. The van der Waals surface area contributed by atoms with E-state index in [2.05, 4.69) is 0 Å². The standard InChI is InChI=1S/C12H12N2O4/c13-8-6-11(15)14(12(8)16)7-1-2-9-10(5-7)18-4-3-17-9/h1-2,5,8H,3-4,6,13H2/t8-/m0/s1. The monoisotopic (exact) mass is 248 g/mol. The van der Waals surface area contributed by atoms with Gasteiger partial charge in [-0.05, 0) is 12.1 Å². The van der Waals surface area contributed by atoms with Crippen molar-refractivity contribution in [3.05, 3.63) is 18.2 Å². The summed E-state index contributed by atoms with van der Waals surface area (Å²) in [6.45, 7) is 0.955. The topological polar surface area (TPSA) is 81.9 Å². The number of rotatable bonds is 1. The fourth-order valence-corrected chi connectivity index (χ4v) is 2.10. The molecule has 1 aromatic carbocycles.